The van der Waals surface area contributed by atoms with Crippen LogP contribution in [0.2, 0.25) is 0 Å². The van der Waals surface area contributed by atoms with Gasteiger partial charge in [0.25, 0.3) is 0 Å². The van der Waals surface area contributed by atoms with Crippen LogP contribution in [0.5, 0.6) is 0 Å². The molecule has 5 aliphatic rings. The molecule has 0 saturated carbocycles. The van der Waals surface area contributed by atoms with Gasteiger partial charge in [-0.25, -0.2) is 17.6 Å². The van der Waals surface area contributed by atoms with E-state index in [1.165, 1.54) is 6.08 Å². The first kappa shape index (κ1) is 17.8. The Balaban J connectivity index is 1.75. The van der Waals surface area contributed by atoms with E-state index in [1.54, 1.807) is 30.3 Å². The second kappa shape index (κ2) is 5.05. The molecule has 0 aromatic heterocycles. The van der Waals surface area contributed by atoms with E-state index in [9.17, 15) is 0 Å². The van der Waals surface area contributed by atoms with E-state index < -0.39 is 34.8 Å². The highest BCUT2D eigenvalue weighted by Crippen LogP contribution is 2.71. The average molecular weight is 450 g/mol. The maximum atomic E-state index is 17.5. The molecule has 1 spiro atoms. The molecule has 0 unspecified atom stereocenters. The minimum Gasteiger partial charge on any atom is -0.242 e. The van der Waals surface area contributed by atoms with Gasteiger partial charge in [0.1, 0.15) is 0 Å². The fourth-order valence-corrected chi connectivity index (χ4v) is 7.83. The van der Waals surface area contributed by atoms with Gasteiger partial charge in [0.05, 0.1) is 5.41 Å². The van der Waals surface area contributed by atoms with E-state index in [0.717, 1.165) is 27.1 Å². The summed E-state index contributed by atoms with van der Waals surface area (Å²) in [6.07, 6.45) is 0.948. The molecule has 0 radical (unpaired) electrons. The molecule has 0 N–H and O–H groups in total. The maximum Gasteiger partial charge on any atom is 0.179 e. The standard InChI is InChI=1S/C30H14F4/c31-26-17-10-9-13-5-6-14-7-8-15-11-12-29(34)28(33)22-16-3-1-2-4-18(16)30(29)24(15)20(14)19(13)21(17)25(30)23(22)27(26)32/h1-12,22,28H/t22-,28+,29+,30-/m0/s1. The summed E-state index contributed by atoms with van der Waals surface area (Å²) in [4.78, 5) is 0. The zero-order valence-electron chi connectivity index (χ0n) is 17.6. The SMILES string of the molecule is Fc1c2c3c4c(ccc5ccc6ccc7c(c6c54)[C@@]34c3ccccc3[C@@H]2[C@@H](F)[C@]4(F)C=C7)c1F. The third-order valence-corrected chi connectivity index (χ3v) is 8.92. The first-order valence-electron chi connectivity index (χ1n) is 11.5. The normalized spacial score (nSPS) is 28.7. The van der Waals surface area contributed by atoms with Crippen LogP contribution in [-0.2, 0) is 5.41 Å². The monoisotopic (exact) mass is 450 g/mol. The van der Waals surface area contributed by atoms with Crippen LogP contribution in [0, 0.1) is 11.6 Å². The van der Waals surface area contributed by atoms with Crippen LogP contribution >= 0.6 is 0 Å². The highest BCUT2D eigenvalue weighted by Gasteiger charge is 2.72. The van der Waals surface area contributed by atoms with E-state index in [-0.39, 0.29) is 10.9 Å². The molecule has 0 nitrogen and oxygen atoms in total. The van der Waals surface area contributed by atoms with E-state index in [4.69, 9.17) is 0 Å². The molecule has 0 saturated heterocycles. The van der Waals surface area contributed by atoms with Crippen molar-refractivity contribution in [2.24, 2.45) is 0 Å². The first-order valence-corrected chi connectivity index (χ1v) is 11.5. The van der Waals surface area contributed by atoms with E-state index >= 15 is 17.6 Å². The van der Waals surface area contributed by atoms with Crippen LogP contribution in [0.4, 0.5) is 17.6 Å². The topological polar surface area (TPSA) is 0 Å². The summed E-state index contributed by atoms with van der Waals surface area (Å²) in [6.45, 7) is 0. The van der Waals surface area contributed by atoms with E-state index in [0.29, 0.717) is 27.6 Å². The van der Waals surface area contributed by atoms with Crippen molar-refractivity contribution in [3.05, 3.63) is 112 Å². The summed E-state index contributed by atoms with van der Waals surface area (Å²) in [6, 6.07) is 18.4. The molecule has 0 amide bonds. The van der Waals surface area contributed by atoms with Crippen LogP contribution in [0.25, 0.3) is 38.4 Å². The summed E-state index contributed by atoms with van der Waals surface area (Å²) in [5.41, 5.74) is -0.984. The van der Waals surface area contributed by atoms with Crippen LogP contribution in [0.15, 0.2) is 66.7 Å². The lowest BCUT2D eigenvalue weighted by Crippen LogP contribution is -2.65. The predicted molar refractivity (Wildman–Crippen MR) is 125 cm³/mol. The Kier molecular flexibility index (Phi) is 2.64. The molecule has 162 valence electrons. The van der Waals surface area contributed by atoms with Crippen molar-refractivity contribution in [1.29, 1.82) is 0 Å². The first-order chi connectivity index (χ1) is 16.5. The van der Waals surface area contributed by atoms with Crippen molar-refractivity contribution >= 4 is 38.4 Å². The van der Waals surface area contributed by atoms with Crippen LogP contribution < -0.4 is 0 Å². The summed E-state index contributed by atoms with van der Waals surface area (Å²) >= 11 is 0. The molecule has 5 aromatic carbocycles. The van der Waals surface area contributed by atoms with Crippen molar-refractivity contribution < 1.29 is 17.6 Å². The molecule has 5 aliphatic carbocycles. The number of allylic oxidation sites excluding steroid dienone is 1. The Hall–Kier alpha value is -3.66. The summed E-state index contributed by atoms with van der Waals surface area (Å²) in [5, 5.41) is 4.00. The van der Waals surface area contributed by atoms with Crippen molar-refractivity contribution in [2.75, 3.05) is 0 Å². The van der Waals surface area contributed by atoms with Gasteiger partial charge in [0.2, 0.25) is 0 Å². The lowest BCUT2D eigenvalue weighted by atomic mass is 9.42. The summed E-state index contributed by atoms with van der Waals surface area (Å²) < 4.78 is 65.4. The second-order valence-corrected chi connectivity index (χ2v) is 10.0. The fraction of sp³-hybridized carbons (Fsp3) is 0.133. The van der Waals surface area contributed by atoms with Gasteiger partial charge >= 0.3 is 0 Å². The number of rotatable bonds is 0. The highest BCUT2D eigenvalue weighted by atomic mass is 19.2. The third-order valence-electron chi connectivity index (χ3n) is 8.92. The minimum atomic E-state index is -2.42. The van der Waals surface area contributed by atoms with Gasteiger partial charge < -0.3 is 0 Å². The van der Waals surface area contributed by atoms with Crippen LogP contribution in [0.3, 0.4) is 0 Å². The molecular weight excluding hydrogens is 436 g/mol. The molecule has 0 fully saturated rings. The lowest BCUT2D eigenvalue weighted by molar-refractivity contribution is 0.0137. The molecule has 5 aromatic rings. The van der Waals surface area contributed by atoms with Crippen molar-refractivity contribution in [3.63, 3.8) is 0 Å². The van der Waals surface area contributed by atoms with Crippen molar-refractivity contribution in [3.8, 4) is 0 Å². The molecule has 10 rings (SSSR count). The number of benzene rings is 5. The fourth-order valence-electron chi connectivity index (χ4n) is 7.83. The zero-order chi connectivity index (χ0) is 22.7. The Morgan fingerprint density at radius 1 is 0.735 bits per heavy atom. The van der Waals surface area contributed by atoms with Gasteiger partial charge in [-0.05, 0) is 60.8 Å². The summed E-state index contributed by atoms with van der Waals surface area (Å²) in [5.74, 6) is -3.27. The predicted octanol–water partition coefficient (Wildman–Crippen LogP) is 7.60. The molecular formula is C30H14F4. The summed E-state index contributed by atoms with van der Waals surface area (Å²) in [7, 11) is 0. The Bertz CT molecular complexity index is 1880. The Labute approximate surface area is 191 Å². The van der Waals surface area contributed by atoms with E-state index in [2.05, 4.69) is 0 Å². The van der Waals surface area contributed by atoms with Gasteiger partial charge in [-0.15, -0.1) is 0 Å². The average Bonchev–Trinajstić information content (AvgIpc) is 2.87. The highest BCUT2D eigenvalue weighted by molar-refractivity contribution is 6.26. The number of alkyl halides is 2. The van der Waals surface area contributed by atoms with Gasteiger partial charge in [-0.1, -0.05) is 66.7 Å². The van der Waals surface area contributed by atoms with Crippen molar-refractivity contribution in [1.82, 2.24) is 0 Å². The number of hydrogen-bond acceptors (Lipinski definition) is 0. The van der Waals surface area contributed by atoms with Crippen LogP contribution in [-0.4, -0.2) is 11.8 Å². The lowest BCUT2D eigenvalue weighted by Gasteiger charge is -2.61. The van der Waals surface area contributed by atoms with Gasteiger partial charge in [-0.3, -0.25) is 0 Å². The van der Waals surface area contributed by atoms with Crippen molar-refractivity contribution in [2.45, 2.75) is 23.2 Å². The number of hydrogen-bond donors (Lipinski definition) is 0. The Morgan fingerprint density at radius 2 is 1.47 bits per heavy atom. The number of halogens is 4. The van der Waals surface area contributed by atoms with E-state index in [1.807, 2.05) is 36.4 Å². The second-order valence-electron chi connectivity index (χ2n) is 10.0. The quantitative estimate of drug-likeness (QED) is 0.168. The largest absolute Gasteiger partial charge is 0.242 e. The van der Waals surface area contributed by atoms with Crippen LogP contribution in [0.1, 0.15) is 39.3 Å². The molecule has 0 aliphatic heterocycles. The zero-order valence-corrected chi connectivity index (χ0v) is 17.6. The molecule has 34 heavy (non-hydrogen) atoms. The van der Waals surface area contributed by atoms with Gasteiger partial charge in [0, 0.05) is 16.9 Å². The third kappa shape index (κ3) is 1.44. The van der Waals surface area contributed by atoms with Gasteiger partial charge in [0.15, 0.2) is 23.5 Å². The molecule has 0 heterocycles. The minimum absolute atomic E-state index is 0.0234. The molecule has 4 atom stereocenters. The van der Waals surface area contributed by atoms with Gasteiger partial charge in [-0.2, -0.15) is 0 Å². The molecule has 2 bridgehead atoms. The molecule has 4 heteroatoms. The smallest absolute Gasteiger partial charge is 0.179 e. The maximum absolute atomic E-state index is 17.5. The Morgan fingerprint density at radius 3 is 2.32 bits per heavy atom.